The van der Waals surface area contributed by atoms with Crippen LogP contribution in [0.15, 0.2) is 41.6 Å². The van der Waals surface area contributed by atoms with E-state index in [9.17, 15) is 4.79 Å². The fourth-order valence-electron chi connectivity index (χ4n) is 1.76. The molecule has 0 saturated heterocycles. The van der Waals surface area contributed by atoms with E-state index in [2.05, 4.69) is 5.10 Å². The highest BCUT2D eigenvalue weighted by Gasteiger charge is 2.14. The standard InChI is InChI=1S/C15H16ClN3O2/c1-18(2)10-17-19-9-12(8-14(19)15(20)21-3)11-4-6-13(16)7-5-11/h4-10H,1-3H3/b17-10-. The Morgan fingerprint density at radius 1 is 1.29 bits per heavy atom. The van der Waals surface area contributed by atoms with Crippen LogP contribution >= 0.6 is 11.6 Å². The number of rotatable bonds is 4. The average Bonchev–Trinajstić information content (AvgIpc) is 2.89. The summed E-state index contributed by atoms with van der Waals surface area (Å²) in [5, 5.41) is 4.89. The van der Waals surface area contributed by atoms with Crippen molar-refractivity contribution < 1.29 is 9.53 Å². The lowest BCUT2D eigenvalue weighted by Crippen LogP contribution is -2.11. The van der Waals surface area contributed by atoms with E-state index in [1.54, 1.807) is 35.6 Å². The third-order valence-electron chi connectivity index (χ3n) is 2.78. The summed E-state index contributed by atoms with van der Waals surface area (Å²) < 4.78 is 6.28. The second-order valence-corrected chi connectivity index (χ2v) is 5.09. The summed E-state index contributed by atoms with van der Waals surface area (Å²) in [7, 11) is 5.05. The summed E-state index contributed by atoms with van der Waals surface area (Å²) in [6, 6.07) is 9.11. The molecule has 0 saturated carbocycles. The molecular weight excluding hydrogens is 290 g/mol. The number of aromatic nitrogens is 1. The van der Waals surface area contributed by atoms with Crippen molar-refractivity contribution >= 4 is 23.9 Å². The molecule has 0 atom stereocenters. The lowest BCUT2D eigenvalue weighted by atomic mass is 10.1. The van der Waals surface area contributed by atoms with Crippen molar-refractivity contribution in [2.45, 2.75) is 0 Å². The maximum absolute atomic E-state index is 11.8. The van der Waals surface area contributed by atoms with Crippen molar-refractivity contribution in [3.8, 4) is 11.1 Å². The van der Waals surface area contributed by atoms with Gasteiger partial charge in [-0.2, -0.15) is 5.10 Å². The largest absolute Gasteiger partial charge is 0.464 e. The maximum Gasteiger partial charge on any atom is 0.356 e. The molecule has 110 valence electrons. The molecule has 0 radical (unpaired) electrons. The van der Waals surface area contributed by atoms with Crippen LogP contribution in [0.2, 0.25) is 5.02 Å². The molecule has 1 aromatic carbocycles. The average molecular weight is 306 g/mol. The van der Waals surface area contributed by atoms with Gasteiger partial charge in [-0.3, -0.25) is 0 Å². The fraction of sp³-hybridized carbons (Fsp3) is 0.200. The molecule has 5 nitrogen and oxygen atoms in total. The van der Waals surface area contributed by atoms with Crippen LogP contribution in [0.4, 0.5) is 0 Å². The van der Waals surface area contributed by atoms with Crippen LogP contribution in [0.5, 0.6) is 0 Å². The minimum absolute atomic E-state index is 0.362. The minimum Gasteiger partial charge on any atom is -0.464 e. The monoisotopic (exact) mass is 305 g/mol. The van der Waals surface area contributed by atoms with Crippen LogP contribution in [-0.2, 0) is 4.74 Å². The molecule has 0 bridgehead atoms. The summed E-state index contributed by atoms with van der Waals surface area (Å²) >= 11 is 5.88. The molecule has 0 aliphatic heterocycles. The minimum atomic E-state index is -0.439. The molecule has 0 aliphatic carbocycles. The van der Waals surface area contributed by atoms with Crippen molar-refractivity contribution in [2.75, 3.05) is 21.2 Å². The lowest BCUT2D eigenvalue weighted by molar-refractivity contribution is 0.0589. The Kier molecular flexibility index (Phi) is 4.65. The third-order valence-corrected chi connectivity index (χ3v) is 3.03. The molecule has 2 aromatic rings. The van der Waals surface area contributed by atoms with E-state index in [1.165, 1.54) is 11.8 Å². The van der Waals surface area contributed by atoms with E-state index in [0.29, 0.717) is 10.7 Å². The summed E-state index contributed by atoms with van der Waals surface area (Å²) in [6.45, 7) is 0. The normalized spacial score (nSPS) is 10.9. The molecule has 6 heteroatoms. The Hall–Kier alpha value is -2.27. The van der Waals surface area contributed by atoms with Gasteiger partial charge in [0.1, 0.15) is 6.34 Å². The number of nitrogens with zero attached hydrogens (tertiary/aromatic N) is 3. The highest BCUT2D eigenvalue weighted by atomic mass is 35.5. The number of esters is 1. The molecule has 1 aromatic heterocycles. The predicted molar refractivity (Wildman–Crippen MR) is 83.8 cm³/mol. The Morgan fingerprint density at radius 3 is 2.52 bits per heavy atom. The van der Waals surface area contributed by atoms with Crippen molar-refractivity contribution in [1.82, 2.24) is 9.58 Å². The molecule has 0 aliphatic rings. The van der Waals surface area contributed by atoms with Crippen molar-refractivity contribution in [2.24, 2.45) is 5.10 Å². The topological polar surface area (TPSA) is 46.8 Å². The molecule has 1 heterocycles. The molecule has 0 fully saturated rings. The molecule has 21 heavy (non-hydrogen) atoms. The summed E-state index contributed by atoms with van der Waals surface area (Å²) in [5.41, 5.74) is 2.17. The zero-order chi connectivity index (χ0) is 15.4. The van der Waals surface area contributed by atoms with Gasteiger partial charge in [-0.05, 0) is 23.8 Å². The number of hydrogen-bond donors (Lipinski definition) is 0. The van der Waals surface area contributed by atoms with Gasteiger partial charge in [0.25, 0.3) is 0 Å². The van der Waals surface area contributed by atoms with E-state index < -0.39 is 5.97 Å². The smallest absolute Gasteiger partial charge is 0.356 e. The highest BCUT2D eigenvalue weighted by Crippen LogP contribution is 2.24. The second-order valence-electron chi connectivity index (χ2n) is 4.65. The number of carbonyl (C=O) groups is 1. The van der Waals surface area contributed by atoms with Gasteiger partial charge in [0.05, 0.1) is 7.11 Å². The lowest BCUT2D eigenvalue weighted by Gasteiger charge is -2.04. The quantitative estimate of drug-likeness (QED) is 0.496. The van der Waals surface area contributed by atoms with Gasteiger partial charge in [-0.15, -0.1) is 0 Å². The zero-order valence-corrected chi connectivity index (χ0v) is 12.8. The SMILES string of the molecule is COC(=O)c1cc(-c2ccc(Cl)cc2)cn1/N=C\N(C)C. The molecule has 0 N–H and O–H groups in total. The number of halogens is 1. The Labute approximate surface area is 128 Å². The van der Waals surface area contributed by atoms with Gasteiger partial charge in [0.2, 0.25) is 0 Å². The molecular formula is C15H16ClN3O2. The molecule has 0 spiro atoms. The number of methoxy groups -OCH3 is 1. The molecule has 0 amide bonds. The number of carbonyl (C=O) groups excluding carboxylic acids is 1. The van der Waals surface area contributed by atoms with Crippen molar-refractivity contribution in [3.05, 3.63) is 47.2 Å². The van der Waals surface area contributed by atoms with Crippen molar-refractivity contribution in [3.63, 3.8) is 0 Å². The summed E-state index contributed by atoms with van der Waals surface area (Å²) in [6.07, 6.45) is 3.38. The van der Waals surface area contributed by atoms with E-state index in [4.69, 9.17) is 16.3 Å². The van der Waals surface area contributed by atoms with Crippen LogP contribution in [0.3, 0.4) is 0 Å². The summed E-state index contributed by atoms with van der Waals surface area (Å²) in [5.74, 6) is -0.439. The Bertz CT molecular complexity index is 660. The van der Waals surface area contributed by atoms with Crippen LogP contribution < -0.4 is 0 Å². The molecule has 2 rings (SSSR count). The van der Waals surface area contributed by atoms with Crippen LogP contribution in [0.1, 0.15) is 10.5 Å². The highest BCUT2D eigenvalue weighted by molar-refractivity contribution is 6.30. The van der Waals surface area contributed by atoms with Gasteiger partial charge >= 0.3 is 5.97 Å². The van der Waals surface area contributed by atoms with Crippen molar-refractivity contribution in [1.29, 1.82) is 0 Å². The van der Waals surface area contributed by atoms with E-state index in [1.807, 2.05) is 26.2 Å². The van der Waals surface area contributed by atoms with E-state index >= 15 is 0 Å². The molecule has 0 unspecified atom stereocenters. The number of hydrogen-bond acceptors (Lipinski definition) is 3. The predicted octanol–water partition coefficient (Wildman–Crippen LogP) is 2.95. The zero-order valence-electron chi connectivity index (χ0n) is 12.1. The van der Waals surface area contributed by atoms with Gasteiger partial charge in [-0.25, -0.2) is 9.47 Å². The first-order chi connectivity index (χ1) is 10.0. The maximum atomic E-state index is 11.8. The third kappa shape index (κ3) is 3.64. The van der Waals surface area contributed by atoms with Crippen LogP contribution in [-0.4, -0.2) is 43.1 Å². The number of ether oxygens (including phenoxy) is 1. The van der Waals surface area contributed by atoms with Gasteiger partial charge < -0.3 is 9.64 Å². The summed E-state index contributed by atoms with van der Waals surface area (Å²) in [4.78, 5) is 13.6. The first-order valence-electron chi connectivity index (χ1n) is 6.29. The fourth-order valence-corrected chi connectivity index (χ4v) is 1.89. The van der Waals surface area contributed by atoms with Gasteiger partial charge in [-0.1, -0.05) is 23.7 Å². The van der Waals surface area contributed by atoms with Gasteiger partial charge in [0, 0.05) is 30.9 Å². The first-order valence-corrected chi connectivity index (χ1v) is 6.66. The van der Waals surface area contributed by atoms with Gasteiger partial charge in [0.15, 0.2) is 5.69 Å². The second kappa shape index (κ2) is 6.45. The number of benzene rings is 1. The van der Waals surface area contributed by atoms with Crippen LogP contribution in [0.25, 0.3) is 11.1 Å². The Balaban J connectivity index is 2.44. The van der Waals surface area contributed by atoms with E-state index in [0.717, 1.165) is 11.1 Å². The first kappa shape index (κ1) is 15.1. The van der Waals surface area contributed by atoms with Crippen LogP contribution in [0, 0.1) is 0 Å². The van der Waals surface area contributed by atoms with E-state index in [-0.39, 0.29) is 0 Å². The Morgan fingerprint density at radius 2 is 1.95 bits per heavy atom.